The van der Waals surface area contributed by atoms with E-state index in [9.17, 15) is 9.18 Å². The molecule has 3 rings (SSSR count). The van der Waals surface area contributed by atoms with E-state index in [1.54, 1.807) is 11.1 Å². The number of nitrogens with two attached hydrogens (primary N) is 1. The number of halogens is 2. The summed E-state index contributed by atoms with van der Waals surface area (Å²) in [7, 11) is 0. The minimum atomic E-state index is -0.299. The van der Waals surface area contributed by atoms with Gasteiger partial charge in [0, 0.05) is 22.8 Å². The Morgan fingerprint density at radius 1 is 1.35 bits per heavy atom. The maximum Gasteiger partial charge on any atom is 0.185 e. The lowest BCUT2D eigenvalue weighted by Crippen LogP contribution is -2.50. The Morgan fingerprint density at radius 3 is 2.73 bits per heavy atom. The first-order valence-electron chi connectivity index (χ1n) is 8.96. The first kappa shape index (κ1) is 19.1. The van der Waals surface area contributed by atoms with Gasteiger partial charge in [-0.05, 0) is 71.0 Å². The molecule has 2 heterocycles. The van der Waals surface area contributed by atoms with Gasteiger partial charge in [0.15, 0.2) is 5.78 Å². The van der Waals surface area contributed by atoms with Gasteiger partial charge in [-0.1, -0.05) is 13.8 Å². The number of hydrazine groups is 1. The van der Waals surface area contributed by atoms with Crippen molar-refractivity contribution in [2.24, 2.45) is 11.8 Å². The Morgan fingerprint density at radius 2 is 2.08 bits per heavy atom. The zero-order valence-corrected chi connectivity index (χ0v) is 17.0. The van der Waals surface area contributed by atoms with Gasteiger partial charge in [0.2, 0.25) is 0 Å². The summed E-state index contributed by atoms with van der Waals surface area (Å²) in [5.74, 6) is 6.34. The van der Waals surface area contributed by atoms with E-state index in [2.05, 4.69) is 34.7 Å². The van der Waals surface area contributed by atoms with Crippen LogP contribution in [-0.4, -0.2) is 29.9 Å². The van der Waals surface area contributed by atoms with Crippen molar-refractivity contribution in [3.05, 3.63) is 51.4 Å². The molecule has 0 saturated heterocycles. The molecular weight excluding hydrogens is 397 g/mol. The van der Waals surface area contributed by atoms with Gasteiger partial charge in [-0.2, -0.15) is 0 Å². The van der Waals surface area contributed by atoms with E-state index in [0.717, 1.165) is 35.2 Å². The minimum Gasteiger partial charge on any atom is -0.356 e. The van der Waals surface area contributed by atoms with Crippen LogP contribution in [0.25, 0.3) is 0 Å². The number of rotatable bonds is 4. The second kappa shape index (κ2) is 7.53. The highest BCUT2D eigenvalue weighted by Gasteiger charge is 2.38. The van der Waals surface area contributed by atoms with Crippen molar-refractivity contribution < 1.29 is 9.18 Å². The lowest BCUT2D eigenvalue weighted by molar-refractivity contribution is -0.117. The highest BCUT2D eigenvalue weighted by molar-refractivity contribution is 9.10. The summed E-state index contributed by atoms with van der Waals surface area (Å²) in [4.78, 5) is 15.5. The Labute approximate surface area is 162 Å². The quantitative estimate of drug-likeness (QED) is 0.740. The molecule has 0 spiro atoms. The first-order valence-corrected chi connectivity index (χ1v) is 9.75. The van der Waals surface area contributed by atoms with Crippen LogP contribution in [0, 0.1) is 11.7 Å². The SMILES string of the molecule is CC1=CN(N)CC2=C1C(=O)[C@@H](CCC(C)C)N(c1ccc(F)cc1Br)C2. The number of ketones is 1. The van der Waals surface area contributed by atoms with Crippen LogP contribution in [0.3, 0.4) is 0 Å². The van der Waals surface area contributed by atoms with E-state index in [1.165, 1.54) is 12.1 Å². The van der Waals surface area contributed by atoms with Gasteiger partial charge in [0.1, 0.15) is 5.82 Å². The van der Waals surface area contributed by atoms with Crippen LogP contribution in [0.5, 0.6) is 0 Å². The highest BCUT2D eigenvalue weighted by atomic mass is 79.9. The minimum absolute atomic E-state index is 0.143. The fourth-order valence-corrected chi connectivity index (χ4v) is 4.38. The van der Waals surface area contributed by atoms with Crippen molar-refractivity contribution >= 4 is 27.4 Å². The molecule has 0 aliphatic carbocycles. The number of anilines is 1. The van der Waals surface area contributed by atoms with Gasteiger partial charge in [-0.15, -0.1) is 0 Å². The van der Waals surface area contributed by atoms with E-state index in [4.69, 9.17) is 5.84 Å². The third-order valence-corrected chi connectivity index (χ3v) is 5.64. The van der Waals surface area contributed by atoms with E-state index in [-0.39, 0.29) is 17.6 Å². The molecule has 0 amide bonds. The molecule has 140 valence electrons. The van der Waals surface area contributed by atoms with Crippen LogP contribution in [0.15, 0.2) is 45.6 Å². The Bertz CT molecular complexity index is 787. The molecule has 4 nitrogen and oxygen atoms in total. The number of carbonyl (C=O) groups excluding carboxylic acids is 1. The van der Waals surface area contributed by atoms with E-state index in [0.29, 0.717) is 23.5 Å². The number of hydrogen-bond donors (Lipinski definition) is 1. The maximum atomic E-state index is 13.6. The van der Waals surface area contributed by atoms with E-state index >= 15 is 0 Å². The third-order valence-electron chi connectivity index (χ3n) is 5.00. The number of Topliss-reactive ketones (excluding diaryl/α,β-unsaturated/α-hetero) is 1. The van der Waals surface area contributed by atoms with Crippen LogP contribution in [0.2, 0.25) is 0 Å². The van der Waals surface area contributed by atoms with Crippen molar-refractivity contribution in [2.45, 2.75) is 39.7 Å². The predicted octanol–water partition coefficient (Wildman–Crippen LogP) is 4.17. The average molecular weight is 422 g/mol. The molecule has 2 N–H and O–H groups in total. The van der Waals surface area contributed by atoms with E-state index < -0.39 is 0 Å². The molecule has 1 aromatic rings. The molecule has 6 heteroatoms. The van der Waals surface area contributed by atoms with Gasteiger partial charge >= 0.3 is 0 Å². The first-order chi connectivity index (χ1) is 12.3. The van der Waals surface area contributed by atoms with Crippen LogP contribution in [-0.2, 0) is 4.79 Å². The topological polar surface area (TPSA) is 49.6 Å². The summed E-state index contributed by atoms with van der Waals surface area (Å²) >= 11 is 3.47. The fourth-order valence-electron chi connectivity index (χ4n) is 3.80. The highest BCUT2D eigenvalue weighted by Crippen LogP contribution is 2.37. The summed E-state index contributed by atoms with van der Waals surface area (Å²) in [5, 5.41) is 1.62. The van der Waals surface area contributed by atoms with E-state index in [1.807, 2.05) is 13.1 Å². The van der Waals surface area contributed by atoms with Gasteiger partial charge in [0.25, 0.3) is 0 Å². The van der Waals surface area contributed by atoms with Crippen LogP contribution < -0.4 is 10.7 Å². The van der Waals surface area contributed by atoms with Crippen molar-refractivity contribution in [3.63, 3.8) is 0 Å². The molecule has 26 heavy (non-hydrogen) atoms. The third kappa shape index (κ3) is 3.71. The van der Waals surface area contributed by atoms with Crippen LogP contribution in [0.4, 0.5) is 10.1 Å². The van der Waals surface area contributed by atoms with Crippen LogP contribution >= 0.6 is 15.9 Å². The standard InChI is InChI=1S/C20H25BrFN3O/c1-12(2)4-6-18-20(26)19-13(3)9-24(23)10-14(19)11-25(18)17-7-5-15(22)8-16(17)21/h5,7-9,12,18H,4,6,10-11,23H2,1-3H3/t18-/m1/s1. The molecule has 2 aliphatic heterocycles. The number of carbonyl (C=O) groups is 1. The van der Waals surface area contributed by atoms with Crippen LogP contribution in [0.1, 0.15) is 33.6 Å². The summed E-state index contributed by atoms with van der Waals surface area (Å²) in [6.45, 7) is 7.41. The fraction of sp³-hybridized carbons (Fsp3) is 0.450. The summed E-state index contributed by atoms with van der Waals surface area (Å²) < 4.78 is 14.2. The lowest BCUT2D eigenvalue weighted by atomic mass is 9.84. The molecule has 0 unspecified atom stereocenters. The molecule has 0 radical (unpaired) electrons. The largest absolute Gasteiger partial charge is 0.356 e. The van der Waals surface area contributed by atoms with Gasteiger partial charge in [0.05, 0.1) is 18.3 Å². The zero-order valence-electron chi connectivity index (χ0n) is 15.4. The second-order valence-electron chi connectivity index (χ2n) is 7.54. The van der Waals surface area contributed by atoms with Crippen molar-refractivity contribution in [1.29, 1.82) is 0 Å². The van der Waals surface area contributed by atoms with Gasteiger partial charge < -0.3 is 9.91 Å². The number of allylic oxidation sites excluding steroid dienone is 1. The molecule has 1 aromatic carbocycles. The van der Waals surface area contributed by atoms with Gasteiger partial charge in [-0.25, -0.2) is 10.2 Å². The van der Waals surface area contributed by atoms with Crippen molar-refractivity contribution in [1.82, 2.24) is 5.01 Å². The van der Waals surface area contributed by atoms with Crippen molar-refractivity contribution in [2.75, 3.05) is 18.0 Å². The Kier molecular flexibility index (Phi) is 5.53. The average Bonchev–Trinajstić information content (AvgIpc) is 2.52. The normalized spacial score (nSPS) is 20.7. The summed E-state index contributed by atoms with van der Waals surface area (Å²) in [6.07, 6.45) is 3.57. The molecular formula is C20H25BrFN3O. The number of benzene rings is 1. The maximum absolute atomic E-state index is 13.6. The predicted molar refractivity (Wildman–Crippen MR) is 106 cm³/mol. The Balaban J connectivity index is 2.03. The van der Waals surface area contributed by atoms with Crippen molar-refractivity contribution in [3.8, 4) is 0 Å². The smallest absolute Gasteiger partial charge is 0.185 e. The molecule has 0 saturated carbocycles. The number of hydrogen-bond acceptors (Lipinski definition) is 4. The lowest BCUT2D eigenvalue weighted by Gasteiger charge is -2.42. The van der Waals surface area contributed by atoms with Gasteiger partial charge in [-0.3, -0.25) is 4.79 Å². The molecule has 0 fully saturated rings. The zero-order chi connectivity index (χ0) is 19.0. The second-order valence-corrected chi connectivity index (χ2v) is 8.39. The Hall–Kier alpha value is -1.66. The molecule has 2 aliphatic rings. The molecule has 1 atom stereocenters. The summed E-state index contributed by atoms with van der Waals surface area (Å²) in [6, 6.07) is 4.39. The molecule has 0 aromatic heterocycles. The molecule has 0 bridgehead atoms. The monoisotopic (exact) mass is 421 g/mol. The summed E-state index contributed by atoms with van der Waals surface area (Å²) in [5.41, 5.74) is 3.62. The number of nitrogens with zero attached hydrogens (tertiary/aromatic N) is 2.